The van der Waals surface area contributed by atoms with Gasteiger partial charge in [-0.3, -0.25) is 9.48 Å². The van der Waals surface area contributed by atoms with Gasteiger partial charge in [0.05, 0.1) is 6.20 Å². The van der Waals surface area contributed by atoms with Crippen molar-refractivity contribution in [2.24, 2.45) is 18.7 Å². The fourth-order valence-electron chi connectivity index (χ4n) is 1.51. The van der Waals surface area contributed by atoms with E-state index >= 15 is 0 Å². The number of nitrogens with zero attached hydrogens (tertiary/aromatic N) is 2. The first kappa shape index (κ1) is 14.2. The van der Waals surface area contributed by atoms with E-state index in [1.54, 1.807) is 27.1 Å². The van der Waals surface area contributed by atoms with Gasteiger partial charge >= 0.3 is 5.97 Å². The van der Waals surface area contributed by atoms with E-state index in [-0.39, 0.29) is 5.92 Å². The minimum atomic E-state index is -1.07. The molecule has 0 aromatic carbocycles. The molecule has 1 rings (SSSR count). The summed E-state index contributed by atoms with van der Waals surface area (Å²) in [7, 11) is 1.71. The molecule has 1 heterocycles. The van der Waals surface area contributed by atoms with Crippen LogP contribution < -0.4 is 11.1 Å². The minimum Gasteiger partial charge on any atom is -0.480 e. The largest absolute Gasteiger partial charge is 0.480 e. The highest BCUT2D eigenvalue weighted by molar-refractivity contribution is 5.87. The molecular formula is C11H18N4O3. The van der Waals surface area contributed by atoms with E-state index in [2.05, 4.69) is 10.4 Å². The summed E-state index contributed by atoms with van der Waals surface area (Å²) in [5.74, 6) is -1.81. The van der Waals surface area contributed by atoms with Gasteiger partial charge in [0.15, 0.2) is 0 Å². The fourth-order valence-corrected chi connectivity index (χ4v) is 1.51. The number of carbonyl (C=O) groups excluding carboxylic acids is 1. The van der Waals surface area contributed by atoms with Crippen LogP contribution in [0.5, 0.6) is 0 Å². The molecule has 1 unspecified atom stereocenters. The van der Waals surface area contributed by atoms with Gasteiger partial charge < -0.3 is 16.2 Å². The van der Waals surface area contributed by atoms with E-state index in [9.17, 15) is 9.59 Å². The molecule has 0 bridgehead atoms. The fraction of sp³-hybridized carbons (Fsp3) is 0.545. The first-order valence-electron chi connectivity index (χ1n) is 5.60. The average Bonchev–Trinajstić information content (AvgIpc) is 2.70. The highest BCUT2D eigenvalue weighted by Gasteiger charge is 2.26. The highest BCUT2D eigenvalue weighted by atomic mass is 16.4. The van der Waals surface area contributed by atoms with Crippen LogP contribution in [-0.2, 0) is 16.6 Å². The number of hydrogen-bond acceptors (Lipinski definition) is 4. The van der Waals surface area contributed by atoms with E-state index in [0.29, 0.717) is 5.56 Å². The van der Waals surface area contributed by atoms with Gasteiger partial charge in [-0.05, 0) is 5.92 Å². The number of carboxylic acids is 1. The number of carboxylic acid groups (broad SMARTS) is 1. The second-order valence-corrected chi connectivity index (χ2v) is 4.49. The Kier molecular flexibility index (Phi) is 4.43. The van der Waals surface area contributed by atoms with Crippen molar-refractivity contribution in [2.75, 3.05) is 0 Å². The summed E-state index contributed by atoms with van der Waals surface area (Å²) in [6, 6.07) is -1.86. The van der Waals surface area contributed by atoms with Crippen LogP contribution in [0, 0.1) is 5.92 Å². The van der Waals surface area contributed by atoms with Gasteiger partial charge in [0.1, 0.15) is 12.1 Å². The molecule has 0 spiro atoms. The van der Waals surface area contributed by atoms with Crippen molar-refractivity contribution in [3.63, 3.8) is 0 Å². The Balaban J connectivity index is 2.73. The quantitative estimate of drug-likeness (QED) is 0.665. The zero-order valence-corrected chi connectivity index (χ0v) is 10.6. The number of nitrogens with one attached hydrogen (secondary N) is 1. The number of aromatic nitrogens is 2. The SMILES string of the molecule is CC(C)[C@H](NC(=O)C(N)c1cnn(C)c1)C(=O)O. The number of rotatable bonds is 5. The molecule has 0 saturated heterocycles. The molecule has 0 aliphatic rings. The lowest BCUT2D eigenvalue weighted by Crippen LogP contribution is -2.47. The third-order valence-electron chi connectivity index (χ3n) is 2.60. The normalized spacial score (nSPS) is 14.3. The van der Waals surface area contributed by atoms with E-state index in [4.69, 9.17) is 10.8 Å². The van der Waals surface area contributed by atoms with Gasteiger partial charge in [0, 0.05) is 18.8 Å². The number of nitrogens with two attached hydrogens (primary N) is 1. The number of hydrogen-bond donors (Lipinski definition) is 3. The number of amides is 1. The maximum atomic E-state index is 11.8. The molecule has 0 aliphatic heterocycles. The van der Waals surface area contributed by atoms with E-state index in [1.807, 2.05) is 0 Å². The lowest BCUT2D eigenvalue weighted by molar-refractivity contribution is -0.143. The molecule has 0 saturated carbocycles. The van der Waals surface area contributed by atoms with Crippen molar-refractivity contribution >= 4 is 11.9 Å². The highest BCUT2D eigenvalue weighted by Crippen LogP contribution is 2.10. The van der Waals surface area contributed by atoms with Gasteiger partial charge in [0.25, 0.3) is 0 Å². The Morgan fingerprint density at radius 3 is 2.50 bits per heavy atom. The minimum absolute atomic E-state index is 0.215. The summed E-state index contributed by atoms with van der Waals surface area (Å²) in [4.78, 5) is 22.8. The Bertz CT molecular complexity index is 441. The molecule has 0 aliphatic carbocycles. The van der Waals surface area contributed by atoms with Crippen molar-refractivity contribution in [3.8, 4) is 0 Å². The zero-order valence-electron chi connectivity index (χ0n) is 10.6. The summed E-state index contributed by atoms with van der Waals surface area (Å²) in [5, 5.41) is 15.3. The van der Waals surface area contributed by atoms with Crippen LogP contribution >= 0.6 is 0 Å². The predicted molar refractivity (Wildman–Crippen MR) is 64.5 cm³/mol. The smallest absolute Gasteiger partial charge is 0.326 e. The van der Waals surface area contributed by atoms with Crippen LogP contribution in [-0.4, -0.2) is 32.8 Å². The first-order valence-corrected chi connectivity index (χ1v) is 5.60. The Morgan fingerprint density at radius 2 is 2.11 bits per heavy atom. The molecule has 1 aromatic rings. The van der Waals surface area contributed by atoms with Crippen LogP contribution in [0.2, 0.25) is 0 Å². The van der Waals surface area contributed by atoms with Gasteiger partial charge in [-0.1, -0.05) is 13.8 Å². The van der Waals surface area contributed by atoms with Crippen LogP contribution in [0.3, 0.4) is 0 Å². The molecule has 2 atom stereocenters. The molecule has 0 fully saturated rings. The van der Waals surface area contributed by atoms with Gasteiger partial charge in [0.2, 0.25) is 5.91 Å². The molecule has 7 heteroatoms. The number of aryl methyl sites for hydroxylation is 1. The van der Waals surface area contributed by atoms with Crippen molar-refractivity contribution < 1.29 is 14.7 Å². The molecule has 1 amide bonds. The van der Waals surface area contributed by atoms with Crippen molar-refractivity contribution in [3.05, 3.63) is 18.0 Å². The topological polar surface area (TPSA) is 110 Å². The molecule has 18 heavy (non-hydrogen) atoms. The van der Waals surface area contributed by atoms with Crippen LogP contribution in [0.4, 0.5) is 0 Å². The molecule has 0 radical (unpaired) electrons. The lowest BCUT2D eigenvalue weighted by atomic mass is 10.0. The van der Waals surface area contributed by atoms with Crippen LogP contribution in [0.15, 0.2) is 12.4 Å². The summed E-state index contributed by atoms with van der Waals surface area (Å²) in [5.41, 5.74) is 6.29. The van der Waals surface area contributed by atoms with Crippen molar-refractivity contribution in [1.29, 1.82) is 0 Å². The summed E-state index contributed by atoms with van der Waals surface area (Å²) in [6.45, 7) is 3.43. The number of aliphatic carboxylic acids is 1. The van der Waals surface area contributed by atoms with Crippen molar-refractivity contribution in [2.45, 2.75) is 25.9 Å². The van der Waals surface area contributed by atoms with Crippen LogP contribution in [0.1, 0.15) is 25.5 Å². The maximum absolute atomic E-state index is 11.8. The third-order valence-corrected chi connectivity index (χ3v) is 2.60. The second-order valence-electron chi connectivity index (χ2n) is 4.49. The summed E-state index contributed by atoms with van der Waals surface area (Å²) >= 11 is 0. The monoisotopic (exact) mass is 254 g/mol. The van der Waals surface area contributed by atoms with E-state index < -0.39 is 24.0 Å². The second kappa shape index (κ2) is 5.63. The van der Waals surface area contributed by atoms with E-state index in [0.717, 1.165) is 0 Å². The van der Waals surface area contributed by atoms with Crippen LogP contribution in [0.25, 0.3) is 0 Å². The maximum Gasteiger partial charge on any atom is 0.326 e. The van der Waals surface area contributed by atoms with Crippen molar-refractivity contribution in [1.82, 2.24) is 15.1 Å². The molecule has 1 aromatic heterocycles. The predicted octanol–water partition coefficient (Wildman–Crippen LogP) is -0.355. The molecule has 4 N–H and O–H groups in total. The van der Waals surface area contributed by atoms with Gasteiger partial charge in [-0.15, -0.1) is 0 Å². The average molecular weight is 254 g/mol. The molecule has 100 valence electrons. The van der Waals surface area contributed by atoms with Gasteiger partial charge in [-0.25, -0.2) is 4.79 Å². The summed E-state index contributed by atoms with van der Waals surface area (Å²) in [6.07, 6.45) is 3.10. The summed E-state index contributed by atoms with van der Waals surface area (Å²) < 4.78 is 1.53. The van der Waals surface area contributed by atoms with Gasteiger partial charge in [-0.2, -0.15) is 5.10 Å². The Morgan fingerprint density at radius 1 is 1.50 bits per heavy atom. The third kappa shape index (κ3) is 3.30. The number of carbonyl (C=O) groups is 2. The Labute approximate surface area is 105 Å². The standard InChI is InChI=1S/C11H18N4O3/c1-6(2)9(11(17)18)14-10(16)8(12)7-4-13-15(3)5-7/h4-6,8-9H,12H2,1-3H3,(H,14,16)(H,17,18)/t8?,9-/m0/s1. The Hall–Kier alpha value is -1.89. The first-order chi connectivity index (χ1) is 8.32. The molecule has 7 nitrogen and oxygen atoms in total. The lowest BCUT2D eigenvalue weighted by Gasteiger charge is -2.19. The zero-order chi connectivity index (χ0) is 13.9. The molecular weight excluding hydrogens is 236 g/mol. The van der Waals surface area contributed by atoms with E-state index in [1.165, 1.54) is 10.9 Å².